The summed E-state index contributed by atoms with van der Waals surface area (Å²) in [6, 6.07) is 5.84. The molecule has 0 radical (unpaired) electrons. The summed E-state index contributed by atoms with van der Waals surface area (Å²) in [5.41, 5.74) is 2.10. The molecule has 0 fully saturated rings. The van der Waals surface area contributed by atoms with Crippen molar-refractivity contribution >= 4 is 27.8 Å². The van der Waals surface area contributed by atoms with Gasteiger partial charge >= 0.3 is 5.97 Å². The van der Waals surface area contributed by atoms with Crippen molar-refractivity contribution in [2.45, 2.75) is 13.5 Å². The lowest BCUT2D eigenvalue weighted by Gasteiger charge is -2.16. The van der Waals surface area contributed by atoms with Crippen molar-refractivity contribution in [3.8, 4) is 0 Å². The highest BCUT2D eigenvalue weighted by Crippen LogP contribution is 2.17. The van der Waals surface area contributed by atoms with E-state index in [0.29, 0.717) is 6.54 Å². The Bertz CT molecular complexity index is 497. The summed E-state index contributed by atoms with van der Waals surface area (Å²) in [4.78, 5) is 23.4. The number of halogens is 1. The highest BCUT2D eigenvalue weighted by Gasteiger charge is 2.08. The lowest BCUT2D eigenvalue weighted by Crippen LogP contribution is -2.24. The zero-order chi connectivity index (χ0) is 13.7. The van der Waals surface area contributed by atoms with Crippen LogP contribution in [0.3, 0.4) is 0 Å². The third-order valence-corrected chi connectivity index (χ3v) is 2.96. The highest BCUT2D eigenvalue weighted by molar-refractivity contribution is 9.10. The summed E-state index contributed by atoms with van der Waals surface area (Å²) >= 11 is 3.38. The molecule has 96 valence electrons. The van der Waals surface area contributed by atoms with Crippen LogP contribution in [0.4, 0.5) is 0 Å². The van der Waals surface area contributed by atoms with Gasteiger partial charge in [0.25, 0.3) is 0 Å². The van der Waals surface area contributed by atoms with Crippen LogP contribution in [-0.2, 0) is 16.1 Å². The van der Waals surface area contributed by atoms with Gasteiger partial charge in [0.2, 0.25) is 5.91 Å². The molecule has 18 heavy (non-hydrogen) atoms. The van der Waals surface area contributed by atoms with Gasteiger partial charge in [-0.15, -0.1) is 0 Å². The van der Waals surface area contributed by atoms with Gasteiger partial charge in [0.05, 0.1) is 0 Å². The maximum absolute atomic E-state index is 11.6. The topological polar surface area (TPSA) is 57.6 Å². The van der Waals surface area contributed by atoms with Crippen molar-refractivity contribution < 1.29 is 14.7 Å². The molecule has 0 aromatic heterocycles. The summed E-state index contributed by atoms with van der Waals surface area (Å²) in [6.07, 6.45) is 1.89. The molecule has 1 aromatic rings. The molecule has 4 nitrogen and oxygen atoms in total. The molecule has 5 heteroatoms. The largest absolute Gasteiger partial charge is 0.478 e. The van der Waals surface area contributed by atoms with Gasteiger partial charge in [0.15, 0.2) is 0 Å². The second-order valence-electron chi connectivity index (χ2n) is 3.94. The molecule has 1 amide bonds. The van der Waals surface area contributed by atoms with Crippen LogP contribution in [0.1, 0.15) is 11.1 Å². The molecule has 0 aliphatic carbocycles. The molecule has 0 spiro atoms. The Morgan fingerprint density at radius 3 is 2.67 bits per heavy atom. The number of carbonyl (C=O) groups is 2. The average Bonchev–Trinajstić information content (AvgIpc) is 2.30. The number of amides is 1. The Kier molecular flexibility index (Phi) is 5.09. The number of hydrogen-bond donors (Lipinski definition) is 1. The first-order valence-electron chi connectivity index (χ1n) is 5.31. The minimum atomic E-state index is -1.13. The molecular formula is C13H14BrNO3. The fourth-order valence-corrected chi connectivity index (χ4v) is 1.82. The van der Waals surface area contributed by atoms with Crippen LogP contribution in [0.2, 0.25) is 0 Å². The summed E-state index contributed by atoms with van der Waals surface area (Å²) in [6.45, 7) is 2.40. The molecule has 0 bridgehead atoms. The lowest BCUT2D eigenvalue weighted by molar-refractivity contribution is -0.132. The number of likely N-dealkylation sites (N-methyl/N-ethyl adjacent to an activating group) is 1. The molecule has 1 rings (SSSR count). The number of hydrogen-bond acceptors (Lipinski definition) is 2. The molecule has 0 atom stereocenters. The van der Waals surface area contributed by atoms with Gasteiger partial charge in [0.1, 0.15) is 0 Å². The van der Waals surface area contributed by atoms with E-state index < -0.39 is 5.97 Å². The van der Waals surface area contributed by atoms with E-state index in [2.05, 4.69) is 15.9 Å². The Morgan fingerprint density at radius 1 is 1.39 bits per heavy atom. The Morgan fingerprint density at radius 2 is 2.06 bits per heavy atom. The Hall–Kier alpha value is -1.62. The molecule has 0 aliphatic rings. The first kappa shape index (κ1) is 14.4. The first-order chi connectivity index (χ1) is 8.40. The molecule has 1 aromatic carbocycles. The number of nitrogens with zero attached hydrogens (tertiary/aromatic N) is 1. The fraction of sp³-hybridized carbons (Fsp3) is 0.231. The van der Waals surface area contributed by atoms with Gasteiger partial charge < -0.3 is 10.0 Å². The van der Waals surface area contributed by atoms with Gasteiger partial charge in [-0.3, -0.25) is 4.79 Å². The maximum atomic E-state index is 11.6. The number of benzene rings is 1. The van der Waals surface area contributed by atoms with Crippen LogP contribution in [0.25, 0.3) is 0 Å². The minimum absolute atomic E-state index is 0.336. The summed E-state index contributed by atoms with van der Waals surface area (Å²) < 4.78 is 0.949. The van der Waals surface area contributed by atoms with E-state index in [0.717, 1.165) is 27.8 Å². The first-order valence-corrected chi connectivity index (χ1v) is 6.10. The van der Waals surface area contributed by atoms with Crippen molar-refractivity contribution in [2.75, 3.05) is 7.05 Å². The van der Waals surface area contributed by atoms with Gasteiger partial charge in [-0.25, -0.2) is 4.79 Å². The van der Waals surface area contributed by atoms with Crippen LogP contribution in [-0.4, -0.2) is 28.9 Å². The average molecular weight is 312 g/mol. The maximum Gasteiger partial charge on any atom is 0.328 e. The standard InChI is InChI=1S/C13H14BrNO3/c1-9-3-4-11(14)7-10(9)8-15(2)12(16)5-6-13(17)18/h3-7H,8H2,1-2H3,(H,17,18)/b6-5+. The van der Waals surface area contributed by atoms with E-state index >= 15 is 0 Å². The predicted molar refractivity (Wildman–Crippen MR) is 72.1 cm³/mol. The van der Waals surface area contributed by atoms with Crippen LogP contribution >= 0.6 is 15.9 Å². The number of rotatable bonds is 4. The third kappa shape index (κ3) is 4.33. The second-order valence-corrected chi connectivity index (χ2v) is 4.85. The molecule has 0 heterocycles. The zero-order valence-electron chi connectivity index (χ0n) is 10.2. The van der Waals surface area contributed by atoms with Crippen molar-refractivity contribution in [1.82, 2.24) is 4.90 Å². The van der Waals surface area contributed by atoms with Crippen molar-refractivity contribution in [1.29, 1.82) is 0 Å². The number of carboxylic acid groups (broad SMARTS) is 1. The van der Waals surface area contributed by atoms with Gasteiger partial charge in [-0.1, -0.05) is 22.0 Å². The normalized spacial score (nSPS) is 10.6. The molecule has 0 aliphatic heterocycles. The molecule has 0 saturated heterocycles. The SMILES string of the molecule is Cc1ccc(Br)cc1CN(C)C(=O)/C=C/C(=O)O. The van der Waals surface area contributed by atoms with Crippen LogP contribution in [0, 0.1) is 6.92 Å². The van der Waals surface area contributed by atoms with Gasteiger partial charge in [-0.05, 0) is 30.2 Å². The van der Waals surface area contributed by atoms with Gasteiger partial charge in [0, 0.05) is 30.2 Å². The molecular weight excluding hydrogens is 298 g/mol. The van der Waals surface area contributed by atoms with Crippen molar-refractivity contribution in [2.24, 2.45) is 0 Å². The highest BCUT2D eigenvalue weighted by atomic mass is 79.9. The van der Waals surface area contributed by atoms with Crippen LogP contribution in [0.5, 0.6) is 0 Å². The number of aliphatic carboxylic acids is 1. The van der Waals surface area contributed by atoms with E-state index in [4.69, 9.17) is 5.11 Å². The summed E-state index contributed by atoms with van der Waals surface area (Å²) in [5.74, 6) is -1.47. The summed E-state index contributed by atoms with van der Waals surface area (Å²) in [7, 11) is 1.63. The van der Waals surface area contributed by atoms with Crippen LogP contribution < -0.4 is 0 Å². The fourth-order valence-electron chi connectivity index (χ4n) is 1.41. The smallest absolute Gasteiger partial charge is 0.328 e. The number of aryl methyl sites for hydroxylation is 1. The Balaban J connectivity index is 2.75. The zero-order valence-corrected chi connectivity index (χ0v) is 11.8. The number of carbonyl (C=O) groups excluding carboxylic acids is 1. The Labute approximate surface area is 114 Å². The van der Waals surface area contributed by atoms with E-state index in [1.165, 1.54) is 4.90 Å². The predicted octanol–water partition coefficient (Wildman–Crippen LogP) is 2.36. The lowest BCUT2D eigenvalue weighted by atomic mass is 10.1. The monoisotopic (exact) mass is 311 g/mol. The van der Waals surface area contributed by atoms with E-state index in [9.17, 15) is 9.59 Å². The number of carboxylic acids is 1. The van der Waals surface area contributed by atoms with E-state index in [1.54, 1.807) is 7.05 Å². The van der Waals surface area contributed by atoms with E-state index in [-0.39, 0.29) is 5.91 Å². The van der Waals surface area contributed by atoms with Crippen LogP contribution in [0.15, 0.2) is 34.8 Å². The second kappa shape index (κ2) is 6.35. The van der Waals surface area contributed by atoms with Crippen molar-refractivity contribution in [3.63, 3.8) is 0 Å². The van der Waals surface area contributed by atoms with Gasteiger partial charge in [-0.2, -0.15) is 0 Å². The summed E-state index contributed by atoms with van der Waals surface area (Å²) in [5, 5.41) is 8.45. The van der Waals surface area contributed by atoms with Crippen molar-refractivity contribution in [3.05, 3.63) is 46.0 Å². The molecule has 1 N–H and O–H groups in total. The molecule has 0 unspecified atom stereocenters. The third-order valence-electron chi connectivity index (χ3n) is 2.46. The van der Waals surface area contributed by atoms with E-state index in [1.807, 2.05) is 25.1 Å². The molecule has 0 saturated carbocycles. The minimum Gasteiger partial charge on any atom is -0.478 e. The quantitative estimate of drug-likeness (QED) is 0.868.